The number of rotatable bonds is 14. The van der Waals surface area contributed by atoms with Crippen molar-refractivity contribution in [1.29, 1.82) is 0 Å². The predicted octanol–water partition coefficient (Wildman–Crippen LogP) is 5.43. The summed E-state index contributed by atoms with van der Waals surface area (Å²) in [5.74, 6) is -1.32. The Labute approximate surface area is 238 Å². The molecule has 1 aliphatic rings. The molecule has 0 spiro atoms. The van der Waals surface area contributed by atoms with E-state index < -0.39 is 22.8 Å². The lowest BCUT2D eigenvalue weighted by Gasteiger charge is -2.30. The number of allylic oxidation sites excluding steroid dienone is 2. The van der Waals surface area contributed by atoms with Crippen molar-refractivity contribution in [2.24, 2.45) is 0 Å². The summed E-state index contributed by atoms with van der Waals surface area (Å²) in [7, 11) is 0. The quantitative estimate of drug-likeness (QED) is 0.101. The van der Waals surface area contributed by atoms with Crippen LogP contribution in [0.15, 0.2) is 76.0 Å². The van der Waals surface area contributed by atoms with Crippen LogP contribution in [0.2, 0.25) is 0 Å². The topological polar surface area (TPSA) is 128 Å². The third-order valence-corrected chi connectivity index (χ3v) is 7.58. The number of nitrogens with zero attached hydrogens (tertiary/aromatic N) is 1. The monoisotopic (exact) mass is 568 g/mol. The fraction of sp³-hybridized carbons (Fsp3) is 0.400. The van der Waals surface area contributed by atoms with Gasteiger partial charge in [0.2, 0.25) is 0 Å². The fourth-order valence-corrected chi connectivity index (χ4v) is 5.41. The first kappa shape index (κ1) is 30.9. The molecule has 0 saturated carbocycles. The normalized spacial score (nSPS) is 15.1. The van der Waals surface area contributed by atoms with Crippen LogP contribution in [0.3, 0.4) is 0 Å². The minimum absolute atomic E-state index is 0.141. The van der Waals surface area contributed by atoms with Crippen LogP contribution < -0.4 is 5.32 Å². The number of aliphatic hydroxyl groups excluding tert-OH is 1. The summed E-state index contributed by atoms with van der Waals surface area (Å²) in [5, 5.41) is 23.5. The van der Waals surface area contributed by atoms with Gasteiger partial charge in [-0.3, -0.25) is 10.1 Å². The van der Waals surface area contributed by atoms with Gasteiger partial charge < -0.3 is 19.9 Å². The smallest absolute Gasteiger partial charge is 0.336 e. The Morgan fingerprint density at radius 3 is 2.30 bits per heavy atom. The number of hydrogen-bond acceptors (Lipinski definition) is 9. The van der Waals surface area contributed by atoms with Gasteiger partial charge in [-0.25, -0.2) is 9.59 Å². The summed E-state index contributed by atoms with van der Waals surface area (Å²) in [6.45, 7) is 5.65. The molecule has 40 heavy (non-hydrogen) atoms. The molecule has 0 fully saturated rings. The molecule has 0 aliphatic carbocycles. The van der Waals surface area contributed by atoms with Gasteiger partial charge in [0.15, 0.2) is 0 Å². The average molecular weight is 569 g/mol. The van der Waals surface area contributed by atoms with Crippen LogP contribution in [0.1, 0.15) is 57.1 Å². The molecule has 9 nitrogen and oxygen atoms in total. The molecule has 2 aromatic carbocycles. The van der Waals surface area contributed by atoms with Crippen molar-refractivity contribution >= 4 is 29.4 Å². The van der Waals surface area contributed by atoms with E-state index in [-0.39, 0.29) is 36.7 Å². The maximum atomic E-state index is 13.4. The van der Waals surface area contributed by atoms with Crippen molar-refractivity contribution in [2.45, 2.75) is 57.3 Å². The molecule has 1 unspecified atom stereocenters. The number of non-ortho nitro benzene ring substituents is 1. The van der Waals surface area contributed by atoms with Crippen LogP contribution in [0, 0.1) is 10.1 Å². The zero-order valence-corrected chi connectivity index (χ0v) is 23.9. The number of hydrogen-bond donors (Lipinski definition) is 2. The Hall–Kier alpha value is -3.63. The molecule has 10 heteroatoms. The molecule has 0 aromatic heterocycles. The van der Waals surface area contributed by atoms with E-state index in [1.165, 1.54) is 23.8 Å². The lowest BCUT2D eigenvalue weighted by molar-refractivity contribution is -0.384. The summed E-state index contributed by atoms with van der Waals surface area (Å²) in [6, 6.07) is 14.3. The van der Waals surface area contributed by atoms with Crippen LogP contribution in [0.5, 0.6) is 0 Å². The Bertz CT molecular complexity index is 1270. The second-order valence-electron chi connectivity index (χ2n) is 9.37. The van der Waals surface area contributed by atoms with E-state index in [1.807, 2.05) is 0 Å². The van der Waals surface area contributed by atoms with Gasteiger partial charge in [0, 0.05) is 40.8 Å². The van der Waals surface area contributed by atoms with Gasteiger partial charge in [0.1, 0.15) is 0 Å². The van der Waals surface area contributed by atoms with E-state index in [0.29, 0.717) is 23.4 Å². The summed E-state index contributed by atoms with van der Waals surface area (Å²) in [6.07, 6.45) is 3.32. The number of thioether (sulfide) groups is 1. The van der Waals surface area contributed by atoms with Gasteiger partial charge in [0.25, 0.3) is 5.69 Å². The number of aryl methyl sites for hydroxylation is 1. The zero-order chi connectivity index (χ0) is 29.1. The maximum absolute atomic E-state index is 13.4. The van der Waals surface area contributed by atoms with Gasteiger partial charge in [-0.15, -0.1) is 11.8 Å². The molecule has 1 heterocycles. The second-order valence-corrected chi connectivity index (χ2v) is 10.5. The van der Waals surface area contributed by atoms with Gasteiger partial charge >= 0.3 is 11.9 Å². The first-order chi connectivity index (χ1) is 19.3. The summed E-state index contributed by atoms with van der Waals surface area (Å²) >= 11 is 1.67. The summed E-state index contributed by atoms with van der Waals surface area (Å²) in [5.41, 5.74) is 2.99. The van der Waals surface area contributed by atoms with Crippen molar-refractivity contribution in [3.8, 4) is 0 Å². The first-order valence-electron chi connectivity index (χ1n) is 13.4. The first-order valence-corrected chi connectivity index (χ1v) is 14.3. The highest BCUT2D eigenvalue weighted by atomic mass is 32.2. The number of carbonyl (C=O) groups excluding carboxylic acids is 2. The lowest BCUT2D eigenvalue weighted by atomic mass is 9.80. The standard InChI is InChI=1S/C30H36N2O7S/c1-4-38-29(34)26-20(2)31-21(3)27(28(26)23-10-7-11-24(19-23)32(36)37)30(35)39-17-8-18-40-25-14-12-22(13-15-25)9-5-6-16-33/h7,10-15,19,28,31,33H,4-6,8-9,16-18H2,1-3H3. The molecule has 0 radical (unpaired) electrons. The number of aliphatic hydroxyl groups is 1. The third-order valence-electron chi connectivity index (χ3n) is 6.48. The van der Waals surface area contributed by atoms with Crippen molar-refractivity contribution in [1.82, 2.24) is 5.32 Å². The Morgan fingerprint density at radius 2 is 1.68 bits per heavy atom. The van der Waals surface area contributed by atoms with Crippen LogP contribution >= 0.6 is 11.8 Å². The number of dihydropyridines is 1. The maximum Gasteiger partial charge on any atom is 0.336 e. The number of benzene rings is 2. The van der Waals surface area contributed by atoms with Crippen LogP contribution in [-0.2, 0) is 25.5 Å². The highest BCUT2D eigenvalue weighted by molar-refractivity contribution is 7.99. The van der Waals surface area contributed by atoms with Gasteiger partial charge in [-0.1, -0.05) is 24.3 Å². The molecular formula is C30H36N2O7S. The number of carbonyl (C=O) groups is 2. The van der Waals surface area contributed by atoms with E-state index in [0.717, 1.165) is 29.9 Å². The van der Waals surface area contributed by atoms with E-state index in [9.17, 15) is 19.7 Å². The van der Waals surface area contributed by atoms with Gasteiger partial charge in [-0.2, -0.15) is 0 Å². The Balaban J connectivity index is 1.69. The minimum Gasteiger partial charge on any atom is -0.463 e. The highest BCUT2D eigenvalue weighted by Crippen LogP contribution is 2.40. The SMILES string of the molecule is CCOC(=O)C1=C(C)NC(C)=C(C(=O)OCCCSc2ccc(CCCCO)cc2)C1c1cccc([N+](=O)[O-])c1. The van der Waals surface area contributed by atoms with E-state index in [4.69, 9.17) is 14.6 Å². The summed E-state index contributed by atoms with van der Waals surface area (Å²) in [4.78, 5) is 38.4. The number of nitro groups is 1. The third kappa shape index (κ3) is 8.19. The van der Waals surface area contributed by atoms with Crippen LogP contribution in [-0.4, -0.2) is 47.5 Å². The lowest BCUT2D eigenvalue weighted by Crippen LogP contribution is -2.32. The number of nitrogens with one attached hydrogen (secondary N) is 1. The Kier molecular flexibility index (Phi) is 11.8. The van der Waals surface area contributed by atoms with E-state index in [1.54, 1.807) is 38.6 Å². The molecule has 2 aromatic rings. The van der Waals surface area contributed by atoms with Crippen molar-refractivity contribution in [2.75, 3.05) is 25.6 Å². The Morgan fingerprint density at radius 1 is 1.00 bits per heavy atom. The highest BCUT2D eigenvalue weighted by Gasteiger charge is 2.38. The van der Waals surface area contributed by atoms with Crippen LogP contribution in [0.4, 0.5) is 5.69 Å². The molecular weight excluding hydrogens is 532 g/mol. The average Bonchev–Trinajstić information content (AvgIpc) is 2.93. The molecule has 3 rings (SSSR count). The number of nitro benzene ring substituents is 1. The van der Waals surface area contributed by atoms with E-state index >= 15 is 0 Å². The van der Waals surface area contributed by atoms with Gasteiger partial charge in [-0.05, 0) is 69.7 Å². The molecule has 2 N–H and O–H groups in total. The fourth-order valence-electron chi connectivity index (χ4n) is 4.58. The molecule has 214 valence electrons. The molecule has 0 saturated heterocycles. The number of ether oxygens (including phenoxy) is 2. The number of esters is 2. The number of unbranched alkanes of at least 4 members (excludes halogenated alkanes) is 1. The summed E-state index contributed by atoms with van der Waals surface area (Å²) < 4.78 is 10.9. The molecule has 1 aliphatic heterocycles. The van der Waals surface area contributed by atoms with Crippen molar-refractivity contribution < 1.29 is 29.1 Å². The van der Waals surface area contributed by atoms with Crippen molar-refractivity contribution in [3.63, 3.8) is 0 Å². The second kappa shape index (κ2) is 15.2. The van der Waals surface area contributed by atoms with Crippen molar-refractivity contribution in [3.05, 3.63) is 92.3 Å². The molecule has 0 amide bonds. The van der Waals surface area contributed by atoms with Crippen LogP contribution in [0.25, 0.3) is 0 Å². The zero-order valence-electron chi connectivity index (χ0n) is 23.1. The predicted molar refractivity (Wildman–Crippen MR) is 154 cm³/mol. The molecule has 0 bridgehead atoms. The largest absolute Gasteiger partial charge is 0.463 e. The van der Waals surface area contributed by atoms with E-state index in [2.05, 4.69) is 29.6 Å². The minimum atomic E-state index is -0.877. The van der Waals surface area contributed by atoms with Gasteiger partial charge in [0.05, 0.1) is 35.2 Å². The molecule has 1 atom stereocenters.